The fraction of sp³-hybridized carbons (Fsp3) is 0.385. The molecular weight excluding hydrogens is 434 g/mol. The smallest absolute Gasteiger partial charge is 0.290 e. The Morgan fingerprint density at radius 2 is 1.76 bits per heavy atom. The topological polar surface area (TPSA) is 106 Å². The van der Waals surface area contributed by atoms with Crippen molar-refractivity contribution in [2.24, 2.45) is 0 Å². The van der Waals surface area contributed by atoms with Crippen molar-refractivity contribution >= 4 is 17.2 Å². The van der Waals surface area contributed by atoms with E-state index in [9.17, 15) is 5.11 Å². The molecule has 0 saturated carbocycles. The third-order valence-electron chi connectivity index (χ3n) is 5.84. The molecule has 1 aromatic heterocycles. The molecule has 1 atom stereocenters. The molecule has 0 radical (unpaired) electrons. The van der Waals surface area contributed by atoms with Crippen LogP contribution in [0.25, 0.3) is 21.9 Å². The van der Waals surface area contributed by atoms with Crippen LogP contribution in [0.15, 0.2) is 60.9 Å². The van der Waals surface area contributed by atoms with Crippen molar-refractivity contribution in [2.45, 2.75) is 12.5 Å². The molecule has 34 heavy (non-hydrogen) atoms. The molecule has 1 aliphatic rings. The first-order valence-corrected chi connectivity index (χ1v) is 11.5. The summed E-state index contributed by atoms with van der Waals surface area (Å²) in [4.78, 5) is 17.3. The predicted octanol–water partition coefficient (Wildman–Crippen LogP) is 2.34. The lowest BCUT2D eigenvalue weighted by Gasteiger charge is -2.35. The highest BCUT2D eigenvalue weighted by Crippen LogP contribution is 2.36. The Morgan fingerprint density at radius 1 is 1.03 bits per heavy atom. The Kier molecular flexibility index (Phi) is 10.2. The molecule has 2 aromatic carbocycles. The first-order valence-electron chi connectivity index (χ1n) is 11.5. The van der Waals surface area contributed by atoms with Crippen LogP contribution in [0, 0.1) is 0 Å². The lowest BCUT2D eigenvalue weighted by atomic mass is 9.98. The van der Waals surface area contributed by atoms with Crippen molar-refractivity contribution in [3.8, 4) is 16.9 Å². The van der Waals surface area contributed by atoms with Gasteiger partial charge in [-0.3, -0.25) is 14.7 Å². The van der Waals surface area contributed by atoms with Crippen LogP contribution < -0.4 is 4.74 Å². The lowest BCUT2D eigenvalue weighted by molar-refractivity contribution is -0.122. The number of pyridine rings is 1. The van der Waals surface area contributed by atoms with E-state index in [0.717, 1.165) is 66.8 Å². The number of piperazine rings is 1. The molecule has 1 fully saturated rings. The third kappa shape index (κ3) is 7.23. The van der Waals surface area contributed by atoms with Crippen molar-refractivity contribution in [1.82, 2.24) is 14.8 Å². The summed E-state index contributed by atoms with van der Waals surface area (Å²) in [6.45, 7) is 5.59. The number of fused-ring (bicyclic) bond motifs is 1. The van der Waals surface area contributed by atoms with Gasteiger partial charge >= 0.3 is 0 Å². The van der Waals surface area contributed by atoms with E-state index >= 15 is 0 Å². The summed E-state index contributed by atoms with van der Waals surface area (Å²) >= 11 is 0. The fourth-order valence-corrected chi connectivity index (χ4v) is 4.21. The maximum absolute atomic E-state index is 10.6. The molecule has 0 amide bonds. The minimum Gasteiger partial charge on any atom is -0.490 e. The zero-order valence-electron chi connectivity index (χ0n) is 19.3. The molecule has 3 aromatic rings. The van der Waals surface area contributed by atoms with E-state index in [1.807, 2.05) is 36.5 Å². The van der Waals surface area contributed by atoms with Crippen LogP contribution in [0.3, 0.4) is 0 Å². The van der Waals surface area contributed by atoms with Gasteiger partial charge in [0.15, 0.2) is 0 Å². The summed E-state index contributed by atoms with van der Waals surface area (Å²) in [7, 11) is 0. The predicted molar refractivity (Wildman–Crippen MR) is 132 cm³/mol. The molecule has 1 saturated heterocycles. The molecule has 3 N–H and O–H groups in total. The number of benzene rings is 2. The number of hydrogen-bond acceptors (Lipinski definition) is 7. The van der Waals surface area contributed by atoms with Gasteiger partial charge in [-0.25, -0.2) is 0 Å². The average Bonchev–Trinajstić information content (AvgIpc) is 2.87. The first kappa shape index (κ1) is 25.6. The lowest BCUT2D eigenvalue weighted by Crippen LogP contribution is -2.49. The number of nitrogens with zero attached hydrogens (tertiary/aromatic N) is 3. The van der Waals surface area contributed by atoms with Crippen molar-refractivity contribution in [3.05, 3.63) is 60.9 Å². The van der Waals surface area contributed by atoms with E-state index in [1.54, 1.807) is 6.20 Å². The summed E-state index contributed by atoms with van der Waals surface area (Å²) in [5.74, 6) is 0.763. The second-order valence-corrected chi connectivity index (χ2v) is 8.19. The van der Waals surface area contributed by atoms with E-state index in [4.69, 9.17) is 19.7 Å². The van der Waals surface area contributed by atoms with E-state index in [2.05, 4.69) is 33.0 Å². The van der Waals surface area contributed by atoms with E-state index < -0.39 is 6.10 Å². The van der Waals surface area contributed by atoms with Crippen molar-refractivity contribution in [1.29, 1.82) is 0 Å². The highest BCUT2D eigenvalue weighted by molar-refractivity contribution is 5.99. The SMILES string of the molecule is O=CO.OCCCN1CCN(CC(O)COc2ccc3ccccc3c2-c2cccnc2)CC1. The van der Waals surface area contributed by atoms with Gasteiger partial charge in [0, 0.05) is 69.4 Å². The normalized spacial score (nSPS) is 15.4. The summed E-state index contributed by atoms with van der Waals surface area (Å²) in [5, 5.41) is 28.8. The Bertz CT molecular complexity index is 1010. The number of aliphatic hydroxyl groups is 2. The molecule has 8 nitrogen and oxygen atoms in total. The number of rotatable bonds is 9. The standard InChI is InChI=1S/C25H31N3O3.CH2O2/c29-16-4-11-27-12-14-28(15-13-27)18-22(30)19-31-24-9-8-20-5-1-2-7-23(20)25(24)21-6-3-10-26-17-21;2-1-3/h1-3,5-10,17,22,29-30H,4,11-16,18-19H2;1H,(H,2,3). The Morgan fingerprint density at radius 3 is 2.47 bits per heavy atom. The van der Waals surface area contributed by atoms with Crippen LogP contribution in [0.1, 0.15) is 6.42 Å². The van der Waals surface area contributed by atoms with Gasteiger partial charge in [0.1, 0.15) is 18.5 Å². The minimum absolute atomic E-state index is 0.242. The Balaban J connectivity index is 0.00000103. The largest absolute Gasteiger partial charge is 0.490 e. The number of β-amino-alcohol motifs (C(OH)–C–C–N with tert-alkyl or cyclic N) is 1. The number of carboxylic acid groups (broad SMARTS) is 1. The minimum atomic E-state index is -0.558. The second-order valence-electron chi connectivity index (χ2n) is 8.19. The van der Waals surface area contributed by atoms with Crippen molar-refractivity contribution in [2.75, 3.05) is 52.5 Å². The number of hydrogen-bond donors (Lipinski definition) is 3. The average molecular weight is 468 g/mol. The molecule has 8 heteroatoms. The molecule has 0 aliphatic carbocycles. The second kappa shape index (κ2) is 13.6. The molecule has 1 aliphatic heterocycles. The fourth-order valence-electron chi connectivity index (χ4n) is 4.21. The maximum atomic E-state index is 10.6. The molecule has 1 unspecified atom stereocenters. The Labute approximate surface area is 200 Å². The van der Waals surface area contributed by atoms with Gasteiger partial charge in [0.25, 0.3) is 6.47 Å². The monoisotopic (exact) mass is 467 g/mol. The maximum Gasteiger partial charge on any atom is 0.290 e. The van der Waals surface area contributed by atoms with Gasteiger partial charge in [0.2, 0.25) is 0 Å². The van der Waals surface area contributed by atoms with E-state index in [1.165, 1.54) is 0 Å². The highest BCUT2D eigenvalue weighted by Gasteiger charge is 2.20. The van der Waals surface area contributed by atoms with Crippen molar-refractivity contribution in [3.63, 3.8) is 0 Å². The quantitative estimate of drug-likeness (QED) is 0.412. The number of ether oxygens (including phenoxy) is 1. The van der Waals surface area contributed by atoms with Crippen LogP contribution in [0.4, 0.5) is 0 Å². The number of aromatic nitrogens is 1. The molecule has 182 valence electrons. The van der Waals surface area contributed by atoms with Crippen molar-refractivity contribution < 1.29 is 24.9 Å². The van der Waals surface area contributed by atoms with Crippen LogP contribution in [-0.2, 0) is 4.79 Å². The van der Waals surface area contributed by atoms with Gasteiger partial charge in [-0.1, -0.05) is 36.4 Å². The zero-order valence-corrected chi connectivity index (χ0v) is 19.3. The van der Waals surface area contributed by atoms with Crippen LogP contribution in [-0.4, -0.2) is 95.2 Å². The summed E-state index contributed by atoms with van der Waals surface area (Å²) in [6, 6.07) is 16.2. The van der Waals surface area contributed by atoms with Gasteiger partial charge in [-0.2, -0.15) is 0 Å². The van der Waals surface area contributed by atoms with Gasteiger partial charge < -0.3 is 25.0 Å². The number of aliphatic hydroxyl groups excluding tert-OH is 2. The van der Waals surface area contributed by atoms with Gasteiger partial charge in [-0.15, -0.1) is 0 Å². The molecule has 4 rings (SSSR count). The summed E-state index contributed by atoms with van der Waals surface area (Å²) in [5.41, 5.74) is 2.01. The van der Waals surface area contributed by atoms with Crippen LogP contribution in [0.5, 0.6) is 5.75 Å². The highest BCUT2D eigenvalue weighted by atomic mass is 16.5. The molecule has 2 heterocycles. The summed E-state index contributed by atoms with van der Waals surface area (Å²) < 4.78 is 6.13. The van der Waals surface area contributed by atoms with Crippen LogP contribution in [0.2, 0.25) is 0 Å². The third-order valence-corrected chi connectivity index (χ3v) is 5.84. The van der Waals surface area contributed by atoms with Crippen LogP contribution >= 0.6 is 0 Å². The molecular formula is C26H33N3O5. The van der Waals surface area contributed by atoms with E-state index in [0.29, 0.717) is 6.54 Å². The molecule has 0 spiro atoms. The van der Waals surface area contributed by atoms with Gasteiger partial charge in [-0.05, 0) is 29.3 Å². The zero-order chi connectivity index (χ0) is 24.2. The Hall–Kier alpha value is -3.04. The first-order chi connectivity index (χ1) is 16.7. The van der Waals surface area contributed by atoms with E-state index in [-0.39, 0.29) is 19.7 Å². The summed E-state index contributed by atoms with van der Waals surface area (Å²) in [6.07, 6.45) is 3.88. The number of carbonyl (C=O) groups is 1. The van der Waals surface area contributed by atoms with Gasteiger partial charge in [0.05, 0.1) is 0 Å². The molecule has 0 bridgehead atoms.